The summed E-state index contributed by atoms with van der Waals surface area (Å²) >= 11 is 0. The number of anilines is 1. The van der Waals surface area contributed by atoms with Crippen LogP contribution in [0, 0.1) is 17.6 Å². The maximum atomic E-state index is 14.5. The van der Waals surface area contributed by atoms with Crippen LogP contribution < -0.4 is 11.1 Å². The number of amides is 2. The summed E-state index contributed by atoms with van der Waals surface area (Å²) in [7, 11) is 0. The van der Waals surface area contributed by atoms with Gasteiger partial charge in [0.1, 0.15) is 11.8 Å². The van der Waals surface area contributed by atoms with Crippen molar-refractivity contribution in [2.24, 2.45) is 11.7 Å². The van der Waals surface area contributed by atoms with Crippen LogP contribution in [0.2, 0.25) is 0 Å². The minimum absolute atomic E-state index is 0.00839. The van der Waals surface area contributed by atoms with Crippen molar-refractivity contribution < 1.29 is 36.3 Å². The largest absolute Gasteiger partial charge is 0.417 e. The molecule has 0 spiro atoms. The number of hydrogen-bond donors (Lipinski definition) is 2. The number of alkyl halides is 3. The molecule has 4 atom stereocenters. The van der Waals surface area contributed by atoms with Gasteiger partial charge in [0.25, 0.3) is 11.8 Å². The molecule has 33 heavy (non-hydrogen) atoms. The first-order chi connectivity index (χ1) is 15.3. The van der Waals surface area contributed by atoms with Gasteiger partial charge in [0, 0.05) is 23.7 Å². The number of ether oxygens (including phenoxy) is 1. The number of halogens is 5. The highest BCUT2D eigenvalue weighted by molar-refractivity contribution is 5.97. The quantitative estimate of drug-likeness (QED) is 0.642. The molecule has 3 N–H and O–H groups in total. The Morgan fingerprint density at radius 3 is 2.48 bits per heavy atom. The zero-order chi connectivity index (χ0) is 24.7. The molecule has 1 aliphatic rings. The summed E-state index contributed by atoms with van der Waals surface area (Å²) in [4.78, 5) is 28.1. The van der Waals surface area contributed by atoms with Crippen LogP contribution in [0.15, 0.2) is 30.5 Å². The lowest BCUT2D eigenvalue weighted by atomic mass is 9.75. The molecule has 1 aliphatic heterocycles. The second kappa shape index (κ2) is 8.69. The van der Waals surface area contributed by atoms with Crippen molar-refractivity contribution >= 4 is 17.5 Å². The number of nitrogens with one attached hydrogen (secondary N) is 1. The van der Waals surface area contributed by atoms with Gasteiger partial charge in [-0.25, -0.2) is 8.78 Å². The monoisotopic (exact) mass is 471 g/mol. The van der Waals surface area contributed by atoms with E-state index in [9.17, 15) is 31.5 Å². The number of aromatic nitrogens is 1. The third kappa shape index (κ3) is 4.29. The molecule has 0 aliphatic carbocycles. The molecule has 0 saturated carbocycles. The van der Waals surface area contributed by atoms with E-state index in [0.717, 1.165) is 19.1 Å². The van der Waals surface area contributed by atoms with Crippen LogP contribution in [-0.2, 0) is 16.0 Å². The van der Waals surface area contributed by atoms with Crippen molar-refractivity contribution in [2.75, 3.05) is 5.32 Å². The molecule has 2 aromatic rings. The van der Waals surface area contributed by atoms with E-state index in [-0.39, 0.29) is 28.9 Å². The van der Waals surface area contributed by atoms with Gasteiger partial charge in [-0.15, -0.1) is 0 Å². The molecule has 2 amide bonds. The molecule has 1 fully saturated rings. The van der Waals surface area contributed by atoms with Crippen molar-refractivity contribution in [2.45, 2.75) is 51.0 Å². The third-order valence-corrected chi connectivity index (χ3v) is 6.15. The van der Waals surface area contributed by atoms with Gasteiger partial charge >= 0.3 is 6.18 Å². The van der Waals surface area contributed by atoms with E-state index in [0.29, 0.717) is 0 Å². The fourth-order valence-corrected chi connectivity index (χ4v) is 4.16. The highest BCUT2D eigenvalue weighted by atomic mass is 19.4. The average Bonchev–Trinajstić information content (AvgIpc) is 3.02. The summed E-state index contributed by atoms with van der Waals surface area (Å²) in [6.07, 6.45) is -5.35. The molecule has 178 valence electrons. The van der Waals surface area contributed by atoms with Gasteiger partial charge in [-0.05, 0) is 42.7 Å². The van der Waals surface area contributed by atoms with Crippen molar-refractivity contribution in [1.29, 1.82) is 0 Å². The van der Waals surface area contributed by atoms with Gasteiger partial charge < -0.3 is 15.8 Å². The molecule has 1 saturated heterocycles. The van der Waals surface area contributed by atoms with Crippen molar-refractivity contribution in [3.63, 3.8) is 0 Å². The molecule has 6 nitrogen and oxygen atoms in total. The smallest absolute Gasteiger partial charge is 0.364 e. The zero-order valence-corrected chi connectivity index (χ0v) is 18.0. The molecule has 0 unspecified atom stereocenters. The van der Waals surface area contributed by atoms with E-state index in [1.165, 1.54) is 32.2 Å². The van der Waals surface area contributed by atoms with Crippen molar-refractivity contribution in [3.05, 3.63) is 58.9 Å². The van der Waals surface area contributed by atoms with Gasteiger partial charge in [0.2, 0.25) is 0 Å². The molecular formula is C22H22F5N3O3. The molecule has 11 heteroatoms. The third-order valence-electron chi connectivity index (χ3n) is 6.15. The van der Waals surface area contributed by atoms with E-state index < -0.39 is 53.2 Å². The SMILES string of the molecule is CCc1c([C@H]2[C@@H](C(=O)Nc3ccnc(C(N)=O)c3)O[C@@](C)(C(F)(F)F)[C@H]2C)ccc(F)c1F. The summed E-state index contributed by atoms with van der Waals surface area (Å²) in [6.45, 7) is 3.60. The fourth-order valence-electron chi connectivity index (χ4n) is 4.16. The second-order valence-electron chi connectivity index (χ2n) is 8.02. The summed E-state index contributed by atoms with van der Waals surface area (Å²) in [5.74, 6) is -6.69. The maximum absolute atomic E-state index is 14.5. The van der Waals surface area contributed by atoms with Crippen LogP contribution in [0.4, 0.5) is 27.6 Å². The number of primary amides is 1. The van der Waals surface area contributed by atoms with Crippen LogP contribution >= 0.6 is 0 Å². The van der Waals surface area contributed by atoms with E-state index >= 15 is 0 Å². The minimum Gasteiger partial charge on any atom is -0.364 e. The fraction of sp³-hybridized carbons (Fsp3) is 0.409. The van der Waals surface area contributed by atoms with Crippen LogP contribution in [0.1, 0.15) is 48.3 Å². The summed E-state index contributed by atoms with van der Waals surface area (Å²) < 4.78 is 75.5. The average molecular weight is 471 g/mol. The van der Waals surface area contributed by atoms with Gasteiger partial charge in [0.15, 0.2) is 17.2 Å². The Morgan fingerprint density at radius 1 is 1.24 bits per heavy atom. The molecule has 1 aromatic carbocycles. The number of pyridine rings is 1. The first-order valence-electron chi connectivity index (χ1n) is 10.1. The Kier molecular flexibility index (Phi) is 6.47. The highest BCUT2D eigenvalue weighted by Crippen LogP contribution is 2.54. The van der Waals surface area contributed by atoms with Crippen LogP contribution in [0.3, 0.4) is 0 Å². The molecule has 0 bridgehead atoms. The van der Waals surface area contributed by atoms with Gasteiger partial charge in [-0.2, -0.15) is 13.2 Å². The van der Waals surface area contributed by atoms with Crippen LogP contribution in [-0.4, -0.2) is 34.7 Å². The van der Waals surface area contributed by atoms with Crippen LogP contribution in [0.25, 0.3) is 0 Å². The molecule has 1 aromatic heterocycles. The molecular weight excluding hydrogens is 449 g/mol. The van der Waals surface area contributed by atoms with Gasteiger partial charge in [-0.1, -0.05) is 19.9 Å². The molecule has 0 radical (unpaired) electrons. The number of rotatable bonds is 5. The van der Waals surface area contributed by atoms with Gasteiger partial charge in [0.05, 0.1) is 0 Å². The number of benzene rings is 1. The lowest BCUT2D eigenvalue weighted by molar-refractivity contribution is -0.272. The predicted molar refractivity (Wildman–Crippen MR) is 108 cm³/mol. The van der Waals surface area contributed by atoms with E-state index in [2.05, 4.69) is 10.3 Å². The predicted octanol–water partition coefficient (Wildman–Crippen LogP) is 4.10. The first kappa shape index (κ1) is 24.6. The Bertz CT molecular complexity index is 1090. The second-order valence-corrected chi connectivity index (χ2v) is 8.02. The topological polar surface area (TPSA) is 94.3 Å². The minimum atomic E-state index is -4.85. The molecule has 2 heterocycles. The van der Waals surface area contributed by atoms with E-state index in [1.54, 1.807) is 0 Å². The number of nitrogens with zero attached hydrogens (tertiary/aromatic N) is 1. The van der Waals surface area contributed by atoms with Crippen molar-refractivity contribution in [3.8, 4) is 0 Å². The number of nitrogens with two attached hydrogens (primary N) is 1. The van der Waals surface area contributed by atoms with Gasteiger partial charge in [-0.3, -0.25) is 14.6 Å². The number of hydrogen-bond acceptors (Lipinski definition) is 4. The van der Waals surface area contributed by atoms with Crippen LogP contribution in [0.5, 0.6) is 0 Å². The Morgan fingerprint density at radius 2 is 1.91 bits per heavy atom. The standard InChI is InChI=1S/C22H22F5N3O3/c1-4-12-13(5-6-14(23)17(12)24)16-10(2)21(3,22(25,26)27)33-18(16)20(32)30-11-7-8-29-15(9-11)19(28)31/h5-10,16,18H,4H2,1-3H3,(H2,28,31)(H,29,30,32)/t10-,16-,18-,21+/m0/s1. The lowest BCUT2D eigenvalue weighted by Crippen LogP contribution is -2.47. The Hall–Kier alpha value is -3.08. The zero-order valence-electron chi connectivity index (χ0n) is 18.0. The van der Waals surface area contributed by atoms with E-state index in [4.69, 9.17) is 10.5 Å². The maximum Gasteiger partial charge on any atom is 0.417 e. The van der Waals surface area contributed by atoms with E-state index in [1.807, 2.05) is 0 Å². The number of carbonyl (C=O) groups excluding carboxylic acids is 2. The normalized spacial score (nSPS) is 25.2. The summed E-state index contributed by atoms with van der Waals surface area (Å²) in [5.41, 5.74) is 2.26. The molecule has 3 rings (SSSR count). The van der Waals surface area contributed by atoms with Crippen molar-refractivity contribution in [1.82, 2.24) is 4.98 Å². The highest BCUT2D eigenvalue weighted by Gasteiger charge is 2.65. The summed E-state index contributed by atoms with van der Waals surface area (Å²) in [6, 6.07) is 4.47. The first-order valence-corrected chi connectivity index (χ1v) is 10.1. The Balaban J connectivity index is 2.07. The summed E-state index contributed by atoms with van der Waals surface area (Å²) in [5, 5.41) is 2.41. The Labute approximate surface area is 186 Å². The number of carbonyl (C=O) groups is 2. The lowest BCUT2D eigenvalue weighted by Gasteiger charge is -2.32.